The minimum atomic E-state index is 0.989. The van der Waals surface area contributed by atoms with Crippen molar-refractivity contribution in [1.82, 2.24) is 5.32 Å². The van der Waals surface area contributed by atoms with E-state index >= 15 is 0 Å². The number of rotatable bonds is 0. The van der Waals surface area contributed by atoms with Crippen molar-refractivity contribution in [2.45, 2.75) is 6.54 Å². The number of hydrogen-bond acceptors (Lipinski definition) is 1. The van der Waals surface area contributed by atoms with Gasteiger partial charge in [-0.2, -0.15) is 0 Å². The van der Waals surface area contributed by atoms with Gasteiger partial charge in [-0.25, -0.2) is 0 Å². The molecule has 2 rings (SSSR count). The maximum absolute atomic E-state index is 3.27. The van der Waals surface area contributed by atoms with Crippen LogP contribution in [0.1, 0.15) is 11.1 Å². The fraction of sp³-hybridized carbons (Fsp3) is 0.222. The predicted molar refractivity (Wildman–Crippen MR) is 40.4 cm³/mol. The zero-order valence-corrected chi connectivity index (χ0v) is 5.72. The summed E-state index contributed by atoms with van der Waals surface area (Å²) in [6.45, 7) is 1.99. The van der Waals surface area contributed by atoms with Crippen molar-refractivity contribution in [3.63, 3.8) is 0 Å². The summed E-state index contributed by atoms with van der Waals surface area (Å²) in [6, 6.07) is 9.17. The van der Waals surface area contributed by atoms with Crippen molar-refractivity contribution in [2.75, 3.05) is 6.54 Å². The van der Waals surface area contributed by atoms with E-state index in [0.717, 1.165) is 13.1 Å². The Hall–Kier alpha value is -0.820. The summed E-state index contributed by atoms with van der Waals surface area (Å²) in [7, 11) is 0. The van der Waals surface area contributed by atoms with Crippen molar-refractivity contribution in [3.05, 3.63) is 41.8 Å². The third kappa shape index (κ3) is 0.929. The topological polar surface area (TPSA) is 12.0 Å². The molecule has 0 saturated carbocycles. The van der Waals surface area contributed by atoms with Gasteiger partial charge in [-0.3, -0.25) is 0 Å². The van der Waals surface area contributed by atoms with E-state index in [9.17, 15) is 0 Å². The maximum atomic E-state index is 3.27. The minimum absolute atomic E-state index is 0.989. The molecule has 1 nitrogen and oxygen atoms in total. The molecule has 2 radical (unpaired) electrons. The highest BCUT2D eigenvalue weighted by Crippen LogP contribution is 2.12. The molecule has 1 aliphatic rings. The van der Waals surface area contributed by atoms with Crippen LogP contribution in [0.2, 0.25) is 0 Å². The highest BCUT2D eigenvalue weighted by molar-refractivity contribution is 5.34. The average Bonchev–Trinajstić information content (AvgIpc) is 2.05. The Bertz CT molecular complexity index is 205. The van der Waals surface area contributed by atoms with Gasteiger partial charge < -0.3 is 5.32 Å². The van der Waals surface area contributed by atoms with Crippen LogP contribution in [-0.4, -0.2) is 6.54 Å². The van der Waals surface area contributed by atoms with Gasteiger partial charge in [0.1, 0.15) is 0 Å². The van der Waals surface area contributed by atoms with Crippen LogP contribution in [0.3, 0.4) is 0 Å². The summed E-state index contributed by atoms with van der Waals surface area (Å²) in [5.74, 6) is 0. The zero-order chi connectivity index (χ0) is 6.81. The summed E-state index contributed by atoms with van der Waals surface area (Å²) in [6.07, 6.45) is 2.20. The molecule has 0 aliphatic carbocycles. The molecular formula is C9H9N. The van der Waals surface area contributed by atoms with Crippen LogP contribution >= 0.6 is 0 Å². The second-order valence-electron chi connectivity index (χ2n) is 2.46. The van der Waals surface area contributed by atoms with E-state index < -0.39 is 0 Å². The van der Waals surface area contributed by atoms with Crippen LogP contribution in [-0.2, 0) is 6.54 Å². The molecule has 0 spiro atoms. The van der Waals surface area contributed by atoms with Gasteiger partial charge in [-0.05, 0) is 23.3 Å². The molecular weight excluding hydrogens is 122 g/mol. The minimum Gasteiger partial charge on any atom is -0.312 e. The Morgan fingerprint density at radius 1 is 1.50 bits per heavy atom. The molecule has 1 aliphatic heterocycles. The number of benzene rings is 1. The van der Waals surface area contributed by atoms with Crippen molar-refractivity contribution in [2.24, 2.45) is 0 Å². The summed E-state index contributed by atoms with van der Waals surface area (Å²) >= 11 is 0. The Labute approximate surface area is 61.1 Å². The maximum Gasteiger partial charge on any atom is 0.0208 e. The van der Waals surface area contributed by atoms with Crippen molar-refractivity contribution in [3.8, 4) is 0 Å². The Kier molecular flexibility index (Phi) is 1.44. The molecule has 1 aromatic rings. The van der Waals surface area contributed by atoms with Crippen LogP contribution in [0.4, 0.5) is 0 Å². The molecule has 0 atom stereocenters. The highest BCUT2D eigenvalue weighted by atomic mass is 14.9. The van der Waals surface area contributed by atoms with Gasteiger partial charge in [-0.1, -0.05) is 12.1 Å². The lowest BCUT2D eigenvalue weighted by Gasteiger charge is -2.15. The van der Waals surface area contributed by atoms with Crippen molar-refractivity contribution >= 4 is 0 Å². The molecule has 0 aromatic heterocycles. The Morgan fingerprint density at radius 2 is 2.50 bits per heavy atom. The van der Waals surface area contributed by atoms with Gasteiger partial charge in [0, 0.05) is 19.5 Å². The molecule has 0 amide bonds. The van der Waals surface area contributed by atoms with Crippen LogP contribution in [0.5, 0.6) is 0 Å². The first-order valence-corrected chi connectivity index (χ1v) is 3.50. The molecule has 0 unspecified atom stereocenters. The Morgan fingerprint density at radius 3 is 3.40 bits per heavy atom. The third-order valence-corrected chi connectivity index (χ3v) is 1.77. The number of hydrogen-bond donors (Lipinski definition) is 1. The normalized spacial score (nSPS) is 16.4. The summed E-state index contributed by atoms with van der Waals surface area (Å²) < 4.78 is 0. The first kappa shape index (κ1) is 5.93. The van der Waals surface area contributed by atoms with Crippen molar-refractivity contribution < 1.29 is 0 Å². The molecule has 0 bridgehead atoms. The fourth-order valence-corrected chi connectivity index (χ4v) is 1.22. The van der Waals surface area contributed by atoms with E-state index in [-0.39, 0.29) is 0 Å². The second kappa shape index (κ2) is 2.43. The zero-order valence-electron chi connectivity index (χ0n) is 5.72. The molecule has 50 valence electrons. The highest BCUT2D eigenvalue weighted by Gasteiger charge is 2.05. The lowest BCUT2D eigenvalue weighted by Crippen LogP contribution is -2.21. The van der Waals surface area contributed by atoms with Gasteiger partial charge in [0.15, 0.2) is 0 Å². The summed E-state index contributed by atoms with van der Waals surface area (Å²) in [5, 5.41) is 3.27. The predicted octanol–water partition coefficient (Wildman–Crippen LogP) is 1.14. The van der Waals surface area contributed by atoms with Gasteiger partial charge in [0.25, 0.3) is 0 Å². The van der Waals surface area contributed by atoms with E-state index in [0.29, 0.717) is 0 Å². The largest absolute Gasteiger partial charge is 0.312 e. The molecule has 1 heterocycles. The van der Waals surface area contributed by atoms with Gasteiger partial charge in [-0.15, -0.1) is 0 Å². The van der Waals surface area contributed by atoms with Gasteiger partial charge in [0.05, 0.1) is 0 Å². The van der Waals surface area contributed by atoms with Crippen LogP contribution in [0.15, 0.2) is 18.2 Å². The fourth-order valence-electron chi connectivity index (χ4n) is 1.22. The lowest BCUT2D eigenvalue weighted by molar-refractivity contribution is 0.709. The second-order valence-corrected chi connectivity index (χ2v) is 2.46. The summed E-state index contributed by atoms with van der Waals surface area (Å²) in [5.41, 5.74) is 2.71. The van der Waals surface area contributed by atoms with E-state index in [1.807, 2.05) is 12.1 Å². The van der Waals surface area contributed by atoms with Crippen LogP contribution in [0, 0.1) is 12.5 Å². The van der Waals surface area contributed by atoms with E-state index in [1.165, 1.54) is 11.1 Å². The molecule has 1 N–H and O–H groups in total. The van der Waals surface area contributed by atoms with E-state index in [2.05, 4.69) is 23.9 Å². The van der Waals surface area contributed by atoms with Crippen LogP contribution < -0.4 is 5.32 Å². The van der Waals surface area contributed by atoms with Crippen molar-refractivity contribution in [1.29, 1.82) is 0 Å². The first-order chi connectivity index (χ1) is 4.97. The SMILES string of the molecule is [c]1ccc2c(c1)CNC[CH]2. The van der Waals surface area contributed by atoms with E-state index in [4.69, 9.17) is 0 Å². The van der Waals surface area contributed by atoms with Crippen LogP contribution in [0.25, 0.3) is 0 Å². The lowest BCUT2D eigenvalue weighted by atomic mass is 10.0. The summed E-state index contributed by atoms with van der Waals surface area (Å²) in [4.78, 5) is 0. The van der Waals surface area contributed by atoms with Gasteiger partial charge in [0.2, 0.25) is 0 Å². The molecule has 1 heteroatoms. The third-order valence-electron chi connectivity index (χ3n) is 1.77. The van der Waals surface area contributed by atoms with Gasteiger partial charge >= 0.3 is 0 Å². The monoisotopic (exact) mass is 131 g/mol. The average molecular weight is 131 g/mol. The first-order valence-electron chi connectivity index (χ1n) is 3.50. The number of nitrogens with one attached hydrogen (secondary N) is 1. The molecule has 0 fully saturated rings. The van der Waals surface area contributed by atoms with E-state index in [1.54, 1.807) is 0 Å². The Balaban J connectivity index is 2.41. The number of fused-ring (bicyclic) bond motifs is 1. The molecule has 0 saturated heterocycles. The molecule has 10 heavy (non-hydrogen) atoms. The smallest absolute Gasteiger partial charge is 0.0208 e. The molecule has 1 aromatic carbocycles. The quantitative estimate of drug-likeness (QED) is 0.556. The standard InChI is InChI=1S/C9H9N/c1-2-4-9-7-10-6-5-8(9)3-1/h1,3-5,10H,6-7H2.